The minimum Gasteiger partial charge on any atom is -0.352 e. The molecule has 0 saturated heterocycles. The van der Waals surface area contributed by atoms with Gasteiger partial charge in [-0.25, -0.2) is 0 Å². The summed E-state index contributed by atoms with van der Waals surface area (Å²) in [5.41, 5.74) is 5.21. The first-order chi connectivity index (χ1) is 14.9. The highest BCUT2D eigenvalue weighted by molar-refractivity contribution is 5.76. The summed E-state index contributed by atoms with van der Waals surface area (Å²) in [6.45, 7) is 6.51. The lowest BCUT2D eigenvalue weighted by Crippen LogP contribution is -2.23. The van der Waals surface area contributed by atoms with Gasteiger partial charge in [0.25, 0.3) is 0 Å². The number of fused-ring (bicyclic) bond motifs is 1. The van der Waals surface area contributed by atoms with Crippen LogP contribution in [0.5, 0.6) is 0 Å². The first-order valence-corrected chi connectivity index (χ1v) is 10.3. The molecule has 2 heterocycles. The molecule has 4 rings (SSSR count). The standard InChI is InChI=1S/C24H25N5O2/c1-16-4-6-19(7-5-16)15-25-22(30)9-8-21-26-27-23-24(31)28(10-11-29(21)23)20-13-17(2)12-18(3)14-20/h4-7,10-14H,8-9,15H2,1-3H3,(H,25,30). The van der Waals surface area contributed by atoms with Crippen LogP contribution in [-0.4, -0.2) is 25.1 Å². The maximum absolute atomic E-state index is 12.9. The zero-order valence-electron chi connectivity index (χ0n) is 17.9. The Morgan fingerprint density at radius 2 is 1.65 bits per heavy atom. The van der Waals surface area contributed by atoms with Crippen molar-refractivity contribution >= 4 is 11.6 Å². The molecule has 4 aromatic rings. The fourth-order valence-electron chi connectivity index (χ4n) is 3.62. The molecule has 0 spiro atoms. The van der Waals surface area contributed by atoms with Crippen LogP contribution in [0.25, 0.3) is 11.3 Å². The Morgan fingerprint density at radius 1 is 0.935 bits per heavy atom. The summed E-state index contributed by atoms with van der Waals surface area (Å²) in [6, 6.07) is 14.0. The molecular formula is C24H25N5O2. The van der Waals surface area contributed by atoms with E-state index >= 15 is 0 Å². The molecule has 158 valence electrons. The quantitative estimate of drug-likeness (QED) is 0.525. The number of aromatic nitrogens is 4. The number of aryl methyl sites for hydroxylation is 4. The Morgan fingerprint density at radius 3 is 2.35 bits per heavy atom. The van der Waals surface area contributed by atoms with Gasteiger partial charge in [-0.3, -0.25) is 18.6 Å². The van der Waals surface area contributed by atoms with E-state index in [0.29, 0.717) is 18.8 Å². The van der Waals surface area contributed by atoms with E-state index in [0.717, 1.165) is 22.4 Å². The molecule has 1 N–H and O–H groups in total. The van der Waals surface area contributed by atoms with Gasteiger partial charge < -0.3 is 5.32 Å². The first-order valence-electron chi connectivity index (χ1n) is 10.3. The fraction of sp³-hybridized carbons (Fsp3) is 0.250. The normalized spacial score (nSPS) is 11.1. The van der Waals surface area contributed by atoms with Crippen LogP contribution in [-0.2, 0) is 17.8 Å². The Kier molecular flexibility index (Phi) is 5.66. The number of carbonyl (C=O) groups excluding carboxylic acids is 1. The summed E-state index contributed by atoms with van der Waals surface area (Å²) in [5, 5.41) is 11.1. The van der Waals surface area contributed by atoms with Crippen LogP contribution < -0.4 is 10.9 Å². The summed E-state index contributed by atoms with van der Waals surface area (Å²) >= 11 is 0. The highest BCUT2D eigenvalue weighted by atomic mass is 16.1. The van der Waals surface area contributed by atoms with Crippen molar-refractivity contribution in [1.82, 2.24) is 24.5 Å². The molecule has 0 atom stereocenters. The third-order valence-electron chi connectivity index (χ3n) is 5.21. The number of nitrogens with zero attached hydrogens (tertiary/aromatic N) is 4. The van der Waals surface area contributed by atoms with Crippen molar-refractivity contribution in [2.75, 3.05) is 0 Å². The van der Waals surface area contributed by atoms with Crippen molar-refractivity contribution in [1.29, 1.82) is 0 Å². The predicted octanol–water partition coefficient (Wildman–Crippen LogP) is 3.05. The van der Waals surface area contributed by atoms with Crippen LogP contribution in [0.2, 0.25) is 0 Å². The minimum absolute atomic E-state index is 0.0686. The van der Waals surface area contributed by atoms with Crippen LogP contribution in [0, 0.1) is 20.8 Å². The Hall–Kier alpha value is -3.74. The van der Waals surface area contributed by atoms with Crippen molar-refractivity contribution in [3.8, 4) is 5.69 Å². The van der Waals surface area contributed by atoms with Crippen LogP contribution >= 0.6 is 0 Å². The lowest BCUT2D eigenvalue weighted by molar-refractivity contribution is -0.121. The second kappa shape index (κ2) is 8.55. The number of amides is 1. The van der Waals surface area contributed by atoms with Gasteiger partial charge in [0.2, 0.25) is 11.6 Å². The number of rotatable bonds is 6. The van der Waals surface area contributed by atoms with E-state index in [2.05, 4.69) is 21.6 Å². The Bertz CT molecular complexity index is 1280. The van der Waals surface area contributed by atoms with Crippen LogP contribution in [0.15, 0.2) is 59.7 Å². The second-order valence-corrected chi connectivity index (χ2v) is 7.89. The monoisotopic (exact) mass is 415 g/mol. The summed E-state index contributed by atoms with van der Waals surface area (Å²) in [6.07, 6.45) is 4.16. The van der Waals surface area contributed by atoms with Crippen molar-refractivity contribution in [3.05, 3.63) is 93.3 Å². The molecule has 0 aliphatic carbocycles. The van der Waals surface area contributed by atoms with E-state index < -0.39 is 0 Å². The van der Waals surface area contributed by atoms with Crippen LogP contribution in [0.4, 0.5) is 0 Å². The minimum atomic E-state index is -0.241. The van der Waals surface area contributed by atoms with Crippen molar-refractivity contribution in [2.45, 2.75) is 40.2 Å². The molecule has 0 fully saturated rings. The van der Waals surface area contributed by atoms with Gasteiger partial charge in [0.15, 0.2) is 0 Å². The van der Waals surface area contributed by atoms with E-state index in [9.17, 15) is 9.59 Å². The van der Waals surface area contributed by atoms with Gasteiger partial charge >= 0.3 is 5.56 Å². The number of hydrogen-bond acceptors (Lipinski definition) is 4. The first kappa shape index (κ1) is 20.5. The van der Waals surface area contributed by atoms with Gasteiger partial charge in [-0.15, -0.1) is 10.2 Å². The van der Waals surface area contributed by atoms with Crippen molar-refractivity contribution in [2.24, 2.45) is 0 Å². The van der Waals surface area contributed by atoms with Gasteiger partial charge in [-0.05, 0) is 49.6 Å². The highest BCUT2D eigenvalue weighted by Gasteiger charge is 2.13. The van der Waals surface area contributed by atoms with Crippen molar-refractivity contribution in [3.63, 3.8) is 0 Å². The fourth-order valence-corrected chi connectivity index (χ4v) is 3.62. The van der Waals surface area contributed by atoms with E-state index in [1.165, 1.54) is 5.56 Å². The number of benzene rings is 2. The summed E-state index contributed by atoms with van der Waals surface area (Å²) in [4.78, 5) is 25.2. The molecule has 0 bridgehead atoms. The zero-order valence-corrected chi connectivity index (χ0v) is 17.9. The summed E-state index contributed by atoms with van der Waals surface area (Å²) in [7, 11) is 0. The largest absolute Gasteiger partial charge is 0.352 e. The molecule has 1 amide bonds. The van der Waals surface area contributed by atoms with E-state index in [1.807, 2.05) is 57.2 Å². The summed E-state index contributed by atoms with van der Waals surface area (Å²) < 4.78 is 3.23. The summed E-state index contributed by atoms with van der Waals surface area (Å²) in [5.74, 6) is 0.520. The van der Waals surface area contributed by atoms with Gasteiger partial charge in [-0.1, -0.05) is 35.9 Å². The molecule has 31 heavy (non-hydrogen) atoms. The molecule has 7 heteroatoms. The SMILES string of the molecule is Cc1ccc(CNC(=O)CCc2nnc3c(=O)n(-c4cc(C)cc(C)c4)ccn23)cc1. The van der Waals surface area contributed by atoms with Gasteiger partial charge in [-0.2, -0.15) is 0 Å². The van der Waals surface area contributed by atoms with Crippen LogP contribution in [0.1, 0.15) is 34.5 Å². The molecule has 2 aromatic carbocycles. The number of carbonyl (C=O) groups is 1. The molecule has 7 nitrogen and oxygen atoms in total. The third-order valence-corrected chi connectivity index (χ3v) is 5.21. The molecule has 0 aliphatic rings. The van der Waals surface area contributed by atoms with Gasteiger partial charge in [0, 0.05) is 37.5 Å². The lowest BCUT2D eigenvalue weighted by Gasteiger charge is -2.09. The van der Waals surface area contributed by atoms with Crippen molar-refractivity contribution < 1.29 is 4.79 Å². The molecule has 0 aliphatic heterocycles. The van der Waals surface area contributed by atoms with Gasteiger partial charge in [0.05, 0.1) is 0 Å². The predicted molar refractivity (Wildman–Crippen MR) is 119 cm³/mol. The lowest BCUT2D eigenvalue weighted by atomic mass is 10.1. The number of nitrogens with one attached hydrogen (secondary N) is 1. The third kappa shape index (κ3) is 4.55. The zero-order chi connectivity index (χ0) is 22.0. The average molecular weight is 415 g/mol. The smallest absolute Gasteiger partial charge is 0.300 e. The molecular weight excluding hydrogens is 390 g/mol. The Balaban J connectivity index is 1.46. The van der Waals surface area contributed by atoms with Gasteiger partial charge in [0.1, 0.15) is 5.82 Å². The topological polar surface area (TPSA) is 81.3 Å². The second-order valence-electron chi connectivity index (χ2n) is 7.89. The molecule has 0 unspecified atom stereocenters. The molecule has 0 saturated carbocycles. The van der Waals surface area contributed by atoms with E-state index in [-0.39, 0.29) is 23.5 Å². The highest BCUT2D eigenvalue weighted by Crippen LogP contribution is 2.13. The van der Waals surface area contributed by atoms with E-state index in [1.54, 1.807) is 21.4 Å². The maximum Gasteiger partial charge on any atom is 0.300 e. The van der Waals surface area contributed by atoms with E-state index in [4.69, 9.17) is 0 Å². The molecule has 0 radical (unpaired) electrons. The molecule has 2 aromatic heterocycles. The maximum atomic E-state index is 12.9. The average Bonchev–Trinajstić information content (AvgIpc) is 3.15. The Labute approximate surface area is 180 Å². The number of hydrogen-bond donors (Lipinski definition) is 1. The van der Waals surface area contributed by atoms with Crippen LogP contribution in [0.3, 0.4) is 0 Å².